The second-order valence-corrected chi connectivity index (χ2v) is 4.86. The third-order valence-electron chi connectivity index (χ3n) is 2.65. The lowest BCUT2D eigenvalue weighted by molar-refractivity contribution is -0.131. The number of carbonyl (C=O) groups is 1. The fourth-order valence-corrected chi connectivity index (χ4v) is 1.91. The molecule has 1 fully saturated rings. The molecule has 0 aromatic carbocycles. The Kier molecular flexibility index (Phi) is 4.26. The normalized spacial score (nSPS) is 18.4. The Balaban J connectivity index is 2.38. The van der Waals surface area contributed by atoms with E-state index in [1.165, 1.54) is 12.8 Å². The van der Waals surface area contributed by atoms with E-state index in [1.54, 1.807) is 6.92 Å². The van der Waals surface area contributed by atoms with Crippen LogP contribution in [-0.4, -0.2) is 40.8 Å². The first-order valence-electron chi connectivity index (χ1n) is 5.21. The smallest absolute Gasteiger partial charge is 0.219 e. The number of thiol groups is 1. The van der Waals surface area contributed by atoms with Gasteiger partial charge in [0.1, 0.15) is 0 Å². The van der Waals surface area contributed by atoms with E-state index in [9.17, 15) is 4.79 Å². The summed E-state index contributed by atoms with van der Waals surface area (Å²) in [4.78, 5) is 13.4. The largest absolute Gasteiger partial charge is 0.337 e. The zero-order valence-corrected chi connectivity index (χ0v) is 10.1. The van der Waals surface area contributed by atoms with E-state index in [0.29, 0.717) is 12.1 Å². The number of amides is 1. The van der Waals surface area contributed by atoms with Gasteiger partial charge in [-0.2, -0.15) is 0 Å². The van der Waals surface area contributed by atoms with E-state index in [-0.39, 0.29) is 5.91 Å². The van der Waals surface area contributed by atoms with Crippen LogP contribution in [0.15, 0.2) is 0 Å². The van der Waals surface area contributed by atoms with Gasteiger partial charge in [-0.1, -0.05) is 12.8 Å². The van der Waals surface area contributed by atoms with Gasteiger partial charge < -0.3 is 4.90 Å². The minimum absolute atomic E-state index is 0.210. The maximum atomic E-state index is 11.4. The van der Waals surface area contributed by atoms with Gasteiger partial charge in [-0.15, -0.1) is 0 Å². The van der Waals surface area contributed by atoms with Crippen molar-refractivity contribution in [1.82, 2.24) is 9.21 Å². The van der Waals surface area contributed by atoms with Gasteiger partial charge in [0, 0.05) is 25.6 Å². The van der Waals surface area contributed by atoms with Gasteiger partial charge in [0.05, 0.1) is 0 Å². The Hall–Kier alpha value is -0.220. The lowest BCUT2D eigenvalue weighted by Crippen LogP contribution is -2.40. The highest BCUT2D eigenvalue weighted by atomic mass is 32.1. The van der Waals surface area contributed by atoms with Gasteiger partial charge in [-0.25, -0.2) is 0 Å². The molecular formula is C10H20N2OS. The standard InChI is InChI=1S/C10H20N2OS/c1-8(6-7-11(3)14)12(9(2)13)10-4-5-10/h8,10,14H,4-7H2,1-3H3. The van der Waals surface area contributed by atoms with Crippen molar-refractivity contribution >= 4 is 18.7 Å². The van der Waals surface area contributed by atoms with Crippen molar-refractivity contribution in [2.45, 2.75) is 45.2 Å². The summed E-state index contributed by atoms with van der Waals surface area (Å²) >= 11 is 4.19. The van der Waals surface area contributed by atoms with Crippen molar-refractivity contribution in [3.05, 3.63) is 0 Å². The number of carbonyl (C=O) groups excluding carboxylic acids is 1. The van der Waals surface area contributed by atoms with Crippen LogP contribution in [0, 0.1) is 0 Å². The molecule has 0 bridgehead atoms. The zero-order chi connectivity index (χ0) is 10.7. The van der Waals surface area contributed by atoms with E-state index < -0.39 is 0 Å². The quantitative estimate of drug-likeness (QED) is 0.705. The number of nitrogens with zero attached hydrogens (tertiary/aromatic N) is 2. The highest BCUT2D eigenvalue weighted by Crippen LogP contribution is 2.29. The molecule has 0 aromatic heterocycles. The molecular weight excluding hydrogens is 196 g/mol. The Labute approximate surface area is 92.0 Å². The lowest BCUT2D eigenvalue weighted by atomic mass is 10.2. The molecule has 0 saturated heterocycles. The average Bonchev–Trinajstić information content (AvgIpc) is 2.84. The summed E-state index contributed by atoms with van der Waals surface area (Å²) in [6.07, 6.45) is 3.36. The van der Waals surface area contributed by atoms with Crippen LogP contribution in [0.2, 0.25) is 0 Å². The average molecular weight is 216 g/mol. The first-order chi connectivity index (χ1) is 6.52. The van der Waals surface area contributed by atoms with Crippen molar-refractivity contribution in [2.24, 2.45) is 0 Å². The molecule has 0 aromatic rings. The molecule has 14 heavy (non-hydrogen) atoms. The molecule has 82 valence electrons. The van der Waals surface area contributed by atoms with Gasteiger partial charge in [-0.3, -0.25) is 9.10 Å². The summed E-state index contributed by atoms with van der Waals surface area (Å²) in [7, 11) is 1.94. The van der Waals surface area contributed by atoms with Crippen molar-refractivity contribution in [1.29, 1.82) is 0 Å². The fourth-order valence-electron chi connectivity index (χ4n) is 1.79. The van der Waals surface area contributed by atoms with Crippen LogP contribution in [-0.2, 0) is 4.79 Å². The van der Waals surface area contributed by atoms with E-state index in [0.717, 1.165) is 13.0 Å². The van der Waals surface area contributed by atoms with Crippen molar-refractivity contribution in [2.75, 3.05) is 13.6 Å². The molecule has 0 N–H and O–H groups in total. The molecule has 1 rings (SSSR count). The summed E-state index contributed by atoms with van der Waals surface area (Å²) in [5.74, 6) is 0.210. The maximum absolute atomic E-state index is 11.4. The van der Waals surface area contributed by atoms with Crippen LogP contribution in [0.3, 0.4) is 0 Å². The minimum atomic E-state index is 0.210. The second-order valence-electron chi connectivity index (χ2n) is 4.18. The van der Waals surface area contributed by atoms with E-state index in [1.807, 2.05) is 16.3 Å². The Morgan fingerprint density at radius 2 is 2.14 bits per heavy atom. The predicted octanol–water partition coefficient (Wildman–Crippen LogP) is 1.55. The molecule has 1 aliphatic rings. The van der Waals surface area contributed by atoms with Crippen LogP contribution >= 0.6 is 12.8 Å². The van der Waals surface area contributed by atoms with Gasteiger partial charge in [0.15, 0.2) is 0 Å². The molecule has 1 atom stereocenters. The molecule has 0 heterocycles. The maximum Gasteiger partial charge on any atom is 0.219 e. The molecule has 1 aliphatic carbocycles. The second kappa shape index (κ2) is 5.03. The Morgan fingerprint density at radius 1 is 1.57 bits per heavy atom. The van der Waals surface area contributed by atoms with E-state index in [4.69, 9.17) is 0 Å². The Morgan fingerprint density at radius 3 is 2.50 bits per heavy atom. The van der Waals surface area contributed by atoms with Crippen molar-refractivity contribution in [3.8, 4) is 0 Å². The summed E-state index contributed by atoms with van der Waals surface area (Å²) in [5, 5.41) is 0. The summed E-state index contributed by atoms with van der Waals surface area (Å²) in [6.45, 7) is 4.71. The third-order valence-corrected chi connectivity index (χ3v) is 2.85. The van der Waals surface area contributed by atoms with Gasteiger partial charge >= 0.3 is 0 Å². The summed E-state index contributed by atoms with van der Waals surface area (Å²) in [5.41, 5.74) is 0. The SMILES string of the molecule is CC(=O)N(C(C)CCN(C)S)C1CC1. The highest BCUT2D eigenvalue weighted by Gasteiger charge is 2.33. The fraction of sp³-hybridized carbons (Fsp3) is 0.900. The molecule has 1 amide bonds. The number of rotatable bonds is 5. The van der Waals surface area contributed by atoms with Crippen LogP contribution in [0.1, 0.15) is 33.1 Å². The van der Waals surface area contributed by atoms with Crippen LogP contribution in [0.5, 0.6) is 0 Å². The van der Waals surface area contributed by atoms with Crippen molar-refractivity contribution in [3.63, 3.8) is 0 Å². The minimum Gasteiger partial charge on any atom is -0.337 e. The molecule has 0 spiro atoms. The summed E-state index contributed by atoms with van der Waals surface area (Å²) < 4.78 is 1.86. The zero-order valence-electron chi connectivity index (χ0n) is 9.23. The monoisotopic (exact) mass is 216 g/mol. The van der Waals surface area contributed by atoms with Crippen LogP contribution in [0.4, 0.5) is 0 Å². The molecule has 1 saturated carbocycles. The molecule has 0 radical (unpaired) electrons. The predicted molar refractivity (Wildman–Crippen MR) is 61.2 cm³/mol. The number of hydrogen-bond donors (Lipinski definition) is 1. The van der Waals surface area contributed by atoms with Gasteiger partial charge in [0.2, 0.25) is 5.91 Å². The first kappa shape index (κ1) is 11.9. The molecule has 0 aliphatic heterocycles. The number of hydrogen-bond acceptors (Lipinski definition) is 3. The molecule has 4 heteroatoms. The lowest BCUT2D eigenvalue weighted by Gasteiger charge is -2.28. The molecule has 1 unspecified atom stereocenters. The van der Waals surface area contributed by atoms with E-state index in [2.05, 4.69) is 19.7 Å². The van der Waals surface area contributed by atoms with Crippen molar-refractivity contribution < 1.29 is 4.79 Å². The Bertz CT molecular complexity index is 204. The highest BCUT2D eigenvalue weighted by molar-refractivity contribution is 7.77. The van der Waals surface area contributed by atoms with E-state index >= 15 is 0 Å². The summed E-state index contributed by atoms with van der Waals surface area (Å²) in [6, 6.07) is 0.863. The topological polar surface area (TPSA) is 23.6 Å². The van der Waals surface area contributed by atoms with Crippen LogP contribution in [0.25, 0.3) is 0 Å². The first-order valence-corrected chi connectivity index (χ1v) is 5.61. The third kappa shape index (κ3) is 3.50. The van der Waals surface area contributed by atoms with Gasteiger partial charge in [0.25, 0.3) is 0 Å². The van der Waals surface area contributed by atoms with Gasteiger partial charge in [-0.05, 0) is 33.2 Å². The van der Waals surface area contributed by atoms with Crippen LogP contribution < -0.4 is 0 Å². The molecule has 3 nitrogen and oxygen atoms in total.